The topological polar surface area (TPSA) is 43.1 Å². The first-order valence-electron chi connectivity index (χ1n) is 7.74. The summed E-state index contributed by atoms with van der Waals surface area (Å²) < 4.78 is 13.3. The third-order valence-electron chi connectivity index (χ3n) is 3.61. The largest absolute Gasteiger partial charge is 0.396 e. The lowest BCUT2D eigenvalue weighted by atomic mass is 10.0. The quantitative estimate of drug-likeness (QED) is 0.367. The highest BCUT2D eigenvalue weighted by Crippen LogP contribution is 2.19. The fourth-order valence-electron chi connectivity index (χ4n) is 2.33. The van der Waals surface area contributed by atoms with Crippen molar-refractivity contribution in [2.75, 3.05) is 5.73 Å². The molecule has 0 unspecified atom stereocenters. The summed E-state index contributed by atoms with van der Waals surface area (Å²) in [6, 6.07) is 4.42. The molecule has 0 spiro atoms. The number of carbonyl (C=O) groups is 1. The Morgan fingerprint density at radius 2 is 1.65 bits per heavy atom. The van der Waals surface area contributed by atoms with Crippen molar-refractivity contribution in [1.82, 2.24) is 0 Å². The second-order valence-electron chi connectivity index (χ2n) is 5.35. The van der Waals surface area contributed by atoms with Crippen molar-refractivity contribution in [2.24, 2.45) is 0 Å². The lowest BCUT2D eigenvalue weighted by Crippen LogP contribution is -2.05. The van der Waals surface area contributed by atoms with E-state index >= 15 is 0 Å². The molecule has 1 aromatic rings. The lowest BCUT2D eigenvalue weighted by Gasteiger charge is -2.05. The summed E-state index contributed by atoms with van der Waals surface area (Å²) >= 11 is 0. The van der Waals surface area contributed by atoms with Crippen molar-refractivity contribution < 1.29 is 9.18 Å². The molecule has 0 aliphatic heterocycles. The molecule has 1 aromatic carbocycles. The number of hydrogen-bond donors (Lipinski definition) is 1. The second kappa shape index (κ2) is 9.51. The van der Waals surface area contributed by atoms with Crippen molar-refractivity contribution in [2.45, 2.75) is 64.7 Å². The molecule has 1 rings (SSSR count). The van der Waals surface area contributed by atoms with Crippen molar-refractivity contribution in [1.29, 1.82) is 0 Å². The zero-order valence-corrected chi connectivity index (χ0v) is 12.5. The van der Waals surface area contributed by atoms with E-state index in [0.29, 0.717) is 12.0 Å². The molecule has 0 radical (unpaired) electrons. The van der Waals surface area contributed by atoms with Gasteiger partial charge in [0.2, 0.25) is 0 Å². The maximum atomic E-state index is 13.3. The summed E-state index contributed by atoms with van der Waals surface area (Å²) in [6.07, 6.45) is 10.00. The van der Waals surface area contributed by atoms with Crippen LogP contribution in [0.25, 0.3) is 0 Å². The van der Waals surface area contributed by atoms with Crippen LogP contribution < -0.4 is 5.73 Å². The first-order chi connectivity index (χ1) is 9.66. The molecule has 0 saturated carbocycles. The van der Waals surface area contributed by atoms with Crippen LogP contribution in [0.2, 0.25) is 0 Å². The molecule has 3 heteroatoms. The SMILES string of the molecule is CCCCCCCCCCC(=O)c1cccc(F)c1N. The predicted octanol–water partition coefficient (Wildman–Crippen LogP) is 5.12. The van der Waals surface area contributed by atoms with Gasteiger partial charge in [0.15, 0.2) is 5.78 Å². The average molecular weight is 279 g/mol. The van der Waals surface area contributed by atoms with Crippen LogP contribution in [0.4, 0.5) is 10.1 Å². The summed E-state index contributed by atoms with van der Waals surface area (Å²) in [7, 11) is 0. The number of Topliss-reactive ketones (excluding diaryl/α,β-unsaturated/α-hetero) is 1. The minimum absolute atomic E-state index is 0.0166. The number of benzene rings is 1. The van der Waals surface area contributed by atoms with Crippen LogP contribution in [-0.2, 0) is 0 Å². The Bertz CT molecular complexity index is 417. The zero-order valence-electron chi connectivity index (χ0n) is 12.5. The van der Waals surface area contributed by atoms with E-state index in [1.54, 1.807) is 6.07 Å². The maximum absolute atomic E-state index is 13.3. The zero-order chi connectivity index (χ0) is 14.8. The number of nitrogens with two attached hydrogens (primary N) is 1. The maximum Gasteiger partial charge on any atom is 0.165 e. The van der Waals surface area contributed by atoms with Crippen molar-refractivity contribution >= 4 is 11.5 Å². The number of carbonyl (C=O) groups excluding carboxylic acids is 1. The summed E-state index contributed by atoms with van der Waals surface area (Å²) in [6.45, 7) is 2.21. The van der Waals surface area contributed by atoms with Crippen LogP contribution in [-0.4, -0.2) is 5.78 Å². The van der Waals surface area contributed by atoms with Crippen molar-refractivity contribution in [3.05, 3.63) is 29.6 Å². The van der Waals surface area contributed by atoms with Crippen LogP contribution in [0.15, 0.2) is 18.2 Å². The molecule has 0 amide bonds. The third-order valence-corrected chi connectivity index (χ3v) is 3.61. The summed E-state index contributed by atoms with van der Waals surface area (Å²) in [5, 5.41) is 0. The second-order valence-corrected chi connectivity index (χ2v) is 5.35. The number of para-hydroxylation sites is 1. The third kappa shape index (κ3) is 5.72. The van der Waals surface area contributed by atoms with Gasteiger partial charge >= 0.3 is 0 Å². The molecule has 2 nitrogen and oxygen atoms in total. The van der Waals surface area contributed by atoms with Crippen LogP contribution in [0, 0.1) is 5.82 Å². The number of anilines is 1. The van der Waals surface area contributed by atoms with E-state index < -0.39 is 5.82 Å². The fourth-order valence-corrected chi connectivity index (χ4v) is 2.33. The molecular formula is C17H26FNO. The smallest absolute Gasteiger partial charge is 0.165 e. The number of halogens is 1. The van der Waals surface area contributed by atoms with E-state index in [2.05, 4.69) is 6.92 Å². The molecular weight excluding hydrogens is 253 g/mol. The molecule has 112 valence electrons. The minimum atomic E-state index is -0.508. The van der Waals surface area contributed by atoms with E-state index in [-0.39, 0.29) is 11.5 Å². The monoisotopic (exact) mass is 279 g/mol. The highest BCUT2D eigenvalue weighted by atomic mass is 19.1. The van der Waals surface area contributed by atoms with Gasteiger partial charge in [-0.1, -0.05) is 57.9 Å². The normalized spacial score (nSPS) is 10.7. The Hall–Kier alpha value is -1.38. The number of rotatable bonds is 10. The predicted molar refractivity (Wildman–Crippen MR) is 82.4 cm³/mol. The van der Waals surface area contributed by atoms with Gasteiger partial charge in [-0.25, -0.2) is 4.39 Å². The van der Waals surface area contributed by atoms with Gasteiger partial charge in [0, 0.05) is 12.0 Å². The lowest BCUT2D eigenvalue weighted by molar-refractivity contribution is 0.0979. The first-order valence-corrected chi connectivity index (χ1v) is 7.74. The standard InChI is InChI=1S/C17H26FNO/c1-2-3-4-5-6-7-8-9-13-16(20)14-11-10-12-15(18)17(14)19/h10-12H,2-9,13,19H2,1H3. The summed E-state index contributed by atoms with van der Waals surface area (Å²) in [4.78, 5) is 11.9. The highest BCUT2D eigenvalue weighted by molar-refractivity contribution is 6.00. The molecule has 0 fully saturated rings. The molecule has 0 atom stereocenters. The van der Waals surface area contributed by atoms with Crippen LogP contribution in [0.3, 0.4) is 0 Å². The molecule has 2 N–H and O–H groups in total. The van der Waals surface area contributed by atoms with E-state index in [9.17, 15) is 9.18 Å². The summed E-state index contributed by atoms with van der Waals surface area (Å²) in [5.41, 5.74) is 5.90. The van der Waals surface area contributed by atoms with Gasteiger partial charge in [0.1, 0.15) is 5.82 Å². The molecule has 0 bridgehead atoms. The molecule has 0 saturated heterocycles. The molecule has 20 heavy (non-hydrogen) atoms. The average Bonchev–Trinajstić information content (AvgIpc) is 2.44. The van der Waals surface area contributed by atoms with E-state index in [0.717, 1.165) is 12.8 Å². The molecule has 0 aromatic heterocycles. The van der Waals surface area contributed by atoms with E-state index in [4.69, 9.17) is 5.73 Å². The van der Waals surface area contributed by atoms with Gasteiger partial charge in [0.05, 0.1) is 5.69 Å². The van der Waals surface area contributed by atoms with Crippen molar-refractivity contribution in [3.8, 4) is 0 Å². The Morgan fingerprint density at radius 3 is 2.30 bits per heavy atom. The first kappa shape index (κ1) is 16.7. The number of hydrogen-bond acceptors (Lipinski definition) is 2. The minimum Gasteiger partial charge on any atom is -0.396 e. The van der Waals surface area contributed by atoms with Crippen molar-refractivity contribution in [3.63, 3.8) is 0 Å². The number of nitrogen functional groups attached to an aromatic ring is 1. The molecule has 0 heterocycles. The van der Waals surface area contributed by atoms with E-state index in [1.165, 1.54) is 50.7 Å². The molecule has 0 aliphatic carbocycles. The van der Waals surface area contributed by atoms with Gasteiger partial charge in [-0.05, 0) is 18.6 Å². The number of unbranched alkanes of at least 4 members (excludes halogenated alkanes) is 7. The van der Waals surface area contributed by atoms with Gasteiger partial charge in [-0.15, -0.1) is 0 Å². The fraction of sp³-hybridized carbons (Fsp3) is 0.588. The Balaban J connectivity index is 2.19. The van der Waals surface area contributed by atoms with Gasteiger partial charge in [-0.2, -0.15) is 0 Å². The van der Waals surface area contributed by atoms with Crippen LogP contribution >= 0.6 is 0 Å². The Kier molecular flexibility index (Phi) is 7.93. The summed E-state index contributed by atoms with van der Waals surface area (Å²) in [5.74, 6) is -0.556. The van der Waals surface area contributed by atoms with Gasteiger partial charge < -0.3 is 5.73 Å². The highest BCUT2D eigenvalue weighted by Gasteiger charge is 2.11. The Labute approximate surface area is 121 Å². The van der Waals surface area contributed by atoms with Crippen LogP contribution in [0.1, 0.15) is 75.1 Å². The van der Waals surface area contributed by atoms with E-state index in [1.807, 2.05) is 0 Å². The van der Waals surface area contributed by atoms with Gasteiger partial charge in [0.25, 0.3) is 0 Å². The molecule has 0 aliphatic rings. The van der Waals surface area contributed by atoms with Crippen LogP contribution in [0.5, 0.6) is 0 Å². The Morgan fingerprint density at radius 1 is 1.05 bits per heavy atom. The number of ketones is 1. The van der Waals surface area contributed by atoms with Gasteiger partial charge in [-0.3, -0.25) is 4.79 Å².